The van der Waals surface area contributed by atoms with Crippen LogP contribution in [0.5, 0.6) is 11.5 Å². The number of ether oxygens (including phenoxy) is 2. The Labute approximate surface area is 200 Å². The zero-order valence-electron chi connectivity index (χ0n) is 19.9. The number of rotatable bonds is 9. The molecule has 0 heterocycles. The summed E-state index contributed by atoms with van der Waals surface area (Å²) in [6.07, 6.45) is 2.74. The first-order chi connectivity index (χ1) is 16.3. The van der Waals surface area contributed by atoms with Gasteiger partial charge in [-0.15, -0.1) is 0 Å². The van der Waals surface area contributed by atoms with Crippen molar-refractivity contribution >= 4 is 5.97 Å². The maximum atomic E-state index is 14.7. The van der Waals surface area contributed by atoms with Gasteiger partial charge in [-0.3, -0.25) is 4.79 Å². The van der Waals surface area contributed by atoms with E-state index in [-0.39, 0.29) is 18.2 Å². The molecule has 0 bridgehead atoms. The molecule has 0 spiro atoms. The second-order valence-corrected chi connectivity index (χ2v) is 9.42. The molecule has 0 amide bonds. The van der Waals surface area contributed by atoms with Crippen molar-refractivity contribution in [3.63, 3.8) is 0 Å². The molecule has 1 atom stereocenters. The highest BCUT2D eigenvalue weighted by Crippen LogP contribution is 2.37. The first-order valence-corrected chi connectivity index (χ1v) is 11.8. The van der Waals surface area contributed by atoms with Crippen molar-refractivity contribution in [1.82, 2.24) is 0 Å². The van der Waals surface area contributed by atoms with Crippen molar-refractivity contribution in [3.8, 4) is 22.6 Å². The van der Waals surface area contributed by atoms with E-state index in [1.54, 1.807) is 19.2 Å². The number of aryl methyl sites for hydroxylation is 1. The summed E-state index contributed by atoms with van der Waals surface area (Å²) in [6, 6.07) is 16.8. The van der Waals surface area contributed by atoms with Crippen molar-refractivity contribution in [2.24, 2.45) is 5.92 Å². The molecular weight excluding hydrogens is 431 g/mol. The fourth-order valence-electron chi connectivity index (χ4n) is 4.81. The summed E-state index contributed by atoms with van der Waals surface area (Å²) in [5.74, 6) is 0.884. The van der Waals surface area contributed by atoms with Crippen LogP contribution in [0.2, 0.25) is 0 Å². The normalized spacial score (nSPS) is 14.8. The average Bonchev–Trinajstić information content (AvgIpc) is 3.19. The number of hydrogen-bond acceptors (Lipinski definition) is 3. The topological polar surface area (TPSA) is 55.8 Å². The fraction of sp³-hybridized carbons (Fsp3) is 0.345. The SMILES string of the molecule is COc1ccc(F)c(-c2ccc(COc3ccc4c(c3)CC[C@H]4CC(=O)O)cc2CC(C)C)c1. The predicted molar refractivity (Wildman–Crippen MR) is 131 cm³/mol. The van der Waals surface area contributed by atoms with Gasteiger partial charge in [0, 0.05) is 5.56 Å². The van der Waals surface area contributed by atoms with Crippen molar-refractivity contribution in [3.05, 3.63) is 82.7 Å². The van der Waals surface area contributed by atoms with Crippen LogP contribution in [0.3, 0.4) is 0 Å². The van der Waals surface area contributed by atoms with E-state index in [0.29, 0.717) is 23.8 Å². The van der Waals surface area contributed by atoms with E-state index in [4.69, 9.17) is 14.6 Å². The Hall–Kier alpha value is -3.34. The van der Waals surface area contributed by atoms with E-state index in [9.17, 15) is 9.18 Å². The van der Waals surface area contributed by atoms with Crippen LogP contribution in [0.15, 0.2) is 54.6 Å². The van der Waals surface area contributed by atoms with Crippen LogP contribution in [-0.4, -0.2) is 18.2 Å². The molecule has 0 radical (unpaired) electrons. The number of halogens is 1. The summed E-state index contributed by atoms with van der Waals surface area (Å²) < 4.78 is 26.1. The Balaban J connectivity index is 1.54. The van der Waals surface area contributed by atoms with Gasteiger partial charge in [-0.2, -0.15) is 0 Å². The standard InChI is InChI=1S/C29H31FO4/c1-18(2)12-22-13-19(4-9-26(22)27-16-23(33-3)8-11-28(27)30)17-34-24-7-10-25-20(14-24)5-6-21(25)15-29(31)32/h4,7-11,13-14,16,18,21H,5-6,12,15,17H2,1-3H3,(H,31,32)/t21-/m0/s1. The molecule has 34 heavy (non-hydrogen) atoms. The first kappa shape index (κ1) is 23.8. The monoisotopic (exact) mass is 462 g/mol. The van der Waals surface area contributed by atoms with Gasteiger partial charge in [0.25, 0.3) is 0 Å². The highest BCUT2D eigenvalue weighted by Gasteiger charge is 2.25. The number of carboxylic acids is 1. The van der Waals surface area contributed by atoms with Gasteiger partial charge < -0.3 is 14.6 Å². The van der Waals surface area contributed by atoms with Crippen LogP contribution in [0, 0.1) is 11.7 Å². The van der Waals surface area contributed by atoms with E-state index in [1.807, 2.05) is 30.3 Å². The number of carbonyl (C=O) groups is 1. The molecule has 5 heteroatoms. The van der Waals surface area contributed by atoms with Gasteiger partial charge in [0.1, 0.15) is 23.9 Å². The minimum absolute atomic E-state index is 0.0877. The van der Waals surface area contributed by atoms with E-state index in [0.717, 1.165) is 47.3 Å². The quantitative estimate of drug-likeness (QED) is 0.381. The lowest BCUT2D eigenvalue weighted by atomic mass is 9.92. The maximum absolute atomic E-state index is 14.7. The highest BCUT2D eigenvalue weighted by atomic mass is 19.1. The molecule has 0 saturated carbocycles. The summed E-state index contributed by atoms with van der Waals surface area (Å²) in [7, 11) is 1.58. The van der Waals surface area contributed by atoms with E-state index >= 15 is 0 Å². The molecule has 1 aliphatic carbocycles. The summed E-state index contributed by atoms with van der Waals surface area (Å²) in [5.41, 5.74) is 5.81. The Morgan fingerprint density at radius 1 is 1.06 bits per heavy atom. The van der Waals surface area contributed by atoms with Crippen molar-refractivity contribution in [2.75, 3.05) is 7.11 Å². The van der Waals surface area contributed by atoms with Gasteiger partial charge in [-0.25, -0.2) is 4.39 Å². The third-order valence-electron chi connectivity index (χ3n) is 6.40. The second kappa shape index (κ2) is 10.3. The predicted octanol–water partition coefficient (Wildman–Crippen LogP) is 6.78. The van der Waals surface area contributed by atoms with E-state index in [2.05, 4.69) is 19.9 Å². The maximum Gasteiger partial charge on any atom is 0.303 e. The molecule has 3 aromatic rings. The van der Waals surface area contributed by atoms with E-state index < -0.39 is 5.97 Å². The largest absolute Gasteiger partial charge is 0.497 e. The lowest BCUT2D eigenvalue weighted by Crippen LogP contribution is -2.03. The third kappa shape index (κ3) is 5.41. The molecule has 1 aliphatic rings. The molecule has 0 fully saturated rings. The molecule has 0 aromatic heterocycles. The van der Waals surface area contributed by atoms with Crippen LogP contribution in [0.25, 0.3) is 11.1 Å². The summed E-state index contributed by atoms with van der Waals surface area (Å²) >= 11 is 0. The van der Waals surface area contributed by atoms with Gasteiger partial charge in [-0.05, 0) is 89.2 Å². The van der Waals surface area contributed by atoms with Crippen LogP contribution in [-0.2, 0) is 24.2 Å². The van der Waals surface area contributed by atoms with Crippen molar-refractivity contribution < 1.29 is 23.8 Å². The Morgan fingerprint density at radius 3 is 2.59 bits per heavy atom. The molecule has 4 rings (SSSR count). The van der Waals surface area contributed by atoms with Crippen molar-refractivity contribution in [1.29, 1.82) is 0 Å². The molecule has 4 nitrogen and oxygen atoms in total. The fourth-order valence-corrected chi connectivity index (χ4v) is 4.81. The number of methoxy groups -OCH3 is 1. The van der Waals surface area contributed by atoms with Gasteiger partial charge >= 0.3 is 5.97 Å². The lowest BCUT2D eigenvalue weighted by Gasteiger charge is -2.16. The lowest BCUT2D eigenvalue weighted by molar-refractivity contribution is -0.137. The number of aliphatic carboxylic acids is 1. The molecule has 0 aliphatic heterocycles. The van der Waals surface area contributed by atoms with E-state index in [1.165, 1.54) is 11.6 Å². The van der Waals surface area contributed by atoms with Gasteiger partial charge in [0.2, 0.25) is 0 Å². The third-order valence-corrected chi connectivity index (χ3v) is 6.40. The Kier molecular flexibility index (Phi) is 7.20. The number of benzene rings is 3. The van der Waals surface area contributed by atoms with Crippen LogP contribution in [0.1, 0.15) is 54.9 Å². The molecule has 1 N–H and O–H groups in total. The smallest absolute Gasteiger partial charge is 0.303 e. The Morgan fingerprint density at radius 2 is 1.85 bits per heavy atom. The highest BCUT2D eigenvalue weighted by molar-refractivity contribution is 5.70. The summed E-state index contributed by atoms with van der Waals surface area (Å²) in [6.45, 7) is 4.71. The zero-order chi connectivity index (χ0) is 24.2. The van der Waals surface area contributed by atoms with Crippen LogP contribution in [0.4, 0.5) is 4.39 Å². The molecular formula is C29H31FO4. The first-order valence-electron chi connectivity index (χ1n) is 11.8. The minimum atomic E-state index is -0.757. The minimum Gasteiger partial charge on any atom is -0.497 e. The molecule has 178 valence electrons. The number of fused-ring (bicyclic) bond motifs is 1. The van der Waals surface area contributed by atoms with Crippen LogP contribution >= 0.6 is 0 Å². The molecule has 0 unspecified atom stereocenters. The van der Waals surface area contributed by atoms with Gasteiger partial charge in [0.15, 0.2) is 0 Å². The number of hydrogen-bond donors (Lipinski definition) is 1. The second-order valence-electron chi connectivity index (χ2n) is 9.42. The summed E-state index contributed by atoms with van der Waals surface area (Å²) in [5, 5.41) is 9.12. The Bertz CT molecular complexity index is 1180. The van der Waals surface area contributed by atoms with Gasteiger partial charge in [-0.1, -0.05) is 38.1 Å². The average molecular weight is 463 g/mol. The van der Waals surface area contributed by atoms with Crippen LogP contribution < -0.4 is 9.47 Å². The molecule has 0 saturated heterocycles. The van der Waals surface area contributed by atoms with Crippen molar-refractivity contribution in [2.45, 2.75) is 52.1 Å². The zero-order valence-corrected chi connectivity index (χ0v) is 19.9. The molecule has 3 aromatic carbocycles. The summed E-state index contributed by atoms with van der Waals surface area (Å²) in [4.78, 5) is 11.1. The van der Waals surface area contributed by atoms with Gasteiger partial charge in [0.05, 0.1) is 13.5 Å². The number of carboxylic acid groups (broad SMARTS) is 1.